The van der Waals surface area contributed by atoms with E-state index in [1.807, 2.05) is 13.8 Å². The average molecular weight is 262 g/mol. The van der Waals surface area contributed by atoms with Crippen LogP contribution in [-0.4, -0.2) is 31.8 Å². The molecule has 0 aliphatic rings. The van der Waals surface area contributed by atoms with Crippen molar-refractivity contribution in [1.82, 2.24) is 19.3 Å². The monoisotopic (exact) mass is 262 g/mol. The second-order valence-electron chi connectivity index (χ2n) is 4.54. The van der Waals surface area contributed by atoms with E-state index in [0.29, 0.717) is 24.5 Å². The van der Waals surface area contributed by atoms with Crippen molar-refractivity contribution in [2.24, 2.45) is 5.73 Å². The van der Waals surface area contributed by atoms with Crippen LogP contribution in [0.2, 0.25) is 0 Å². The summed E-state index contributed by atoms with van der Waals surface area (Å²) in [6.07, 6.45) is 6.68. The summed E-state index contributed by atoms with van der Waals surface area (Å²) in [4.78, 5) is 16.0. The van der Waals surface area contributed by atoms with Crippen LogP contribution in [0.4, 0.5) is 5.69 Å². The summed E-state index contributed by atoms with van der Waals surface area (Å²) in [6, 6.07) is 0.259. The number of amides is 1. The highest BCUT2D eigenvalue weighted by Crippen LogP contribution is 2.11. The number of imidazole rings is 1. The molecule has 102 valence electrons. The number of hydrogen-bond donors (Lipinski definition) is 2. The maximum Gasteiger partial charge on any atom is 0.275 e. The van der Waals surface area contributed by atoms with E-state index >= 15 is 0 Å². The van der Waals surface area contributed by atoms with Crippen LogP contribution in [0.3, 0.4) is 0 Å². The fourth-order valence-electron chi connectivity index (χ4n) is 1.63. The lowest BCUT2D eigenvalue weighted by atomic mass is 10.4. The van der Waals surface area contributed by atoms with E-state index in [-0.39, 0.29) is 11.9 Å². The molecule has 0 radical (unpaired) electrons. The number of carbonyl (C=O) groups excluding carboxylic acids is 1. The van der Waals surface area contributed by atoms with Crippen LogP contribution in [0.5, 0.6) is 0 Å². The third-order valence-corrected chi connectivity index (χ3v) is 2.64. The Labute approximate surface area is 111 Å². The third kappa shape index (κ3) is 3.19. The molecule has 0 saturated heterocycles. The highest BCUT2D eigenvalue weighted by atomic mass is 16.1. The Kier molecular flexibility index (Phi) is 3.96. The predicted octanol–water partition coefficient (Wildman–Crippen LogP) is 0.871. The van der Waals surface area contributed by atoms with E-state index in [1.165, 1.54) is 0 Å². The lowest BCUT2D eigenvalue weighted by molar-refractivity contribution is 0.102. The van der Waals surface area contributed by atoms with Crippen molar-refractivity contribution in [3.8, 4) is 0 Å². The zero-order valence-electron chi connectivity index (χ0n) is 11.1. The molecule has 0 atom stereocenters. The molecular formula is C12H18N6O. The molecule has 0 fully saturated rings. The summed E-state index contributed by atoms with van der Waals surface area (Å²) < 4.78 is 3.56. The van der Waals surface area contributed by atoms with Gasteiger partial charge in [0.2, 0.25) is 0 Å². The first-order valence-electron chi connectivity index (χ1n) is 6.17. The number of hydrogen-bond acceptors (Lipinski definition) is 4. The molecule has 0 aliphatic heterocycles. The number of aromatic nitrogens is 4. The van der Waals surface area contributed by atoms with Gasteiger partial charge in [-0.05, 0) is 13.8 Å². The molecule has 7 nitrogen and oxygen atoms in total. The maximum atomic E-state index is 12.0. The summed E-state index contributed by atoms with van der Waals surface area (Å²) in [5, 5.41) is 6.92. The second-order valence-corrected chi connectivity index (χ2v) is 4.54. The van der Waals surface area contributed by atoms with Gasteiger partial charge >= 0.3 is 0 Å². The standard InChI is InChI=1S/C12H18N6O/c1-9(2)18-6-10(5-15-18)16-12(19)11-7-17(4-3-13)8-14-11/h5-9H,3-4,13H2,1-2H3,(H,16,19). The molecule has 0 aliphatic carbocycles. The molecule has 3 N–H and O–H groups in total. The Bertz CT molecular complexity index is 556. The van der Waals surface area contributed by atoms with E-state index in [9.17, 15) is 4.79 Å². The van der Waals surface area contributed by atoms with E-state index in [1.54, 1.807) is 34.2 Å². The van der Waals surface area contributed by atoms with Gasteiger partial charge in [0.25, 0.3) is 5.91 Å². The molecule has 0 bridgehead atoms. The van der Waals surface area contributed by atoms with E-state index in [0.717, 1.165) is 0 Å². The topological polar surface area (TPSA) is 90.8 Å². The zero-order valence-corrected chi connectivity index (χ0v) is 11.1. The SMILES string of the molecule is CC(C)n1cc(NC(=O)c2cn(CCN)cn2)cn1. The molecule has 2 heterocycles. The van der Waals surface area contributed by atoms with Crippen molar-refractivity contribution in [1.29, 1.82) is 0 Å². The molecule has 2 aromatic heterocycles. The Morgan fingerprint density at radius 3 is 2.89 bits per heavy atom. The van der Waals surface area contributed by atoms with Crippen LogP contribution in [0.25, 0.3) is 0 Å². The van der Waals surface area contributed by atoms with Crippen molar-refractivity contribution in [3.05, 3.63) is 30.6 Å². The fourth-order valence-corrected chi connectivity index (χ4v) is 1.63. The number of rotatable bonds is 5. The normalized spacial score (nSPS) is 10.9. The molecule has 1 amide bonds. The van der Waals surface area contributed by atoms with Gasteiger partial charge in [0.05, 0.1) is 18.2 Å². The minimum absolute atomic E-state index is 0.251. The van der Waals surface area contributed by atoms with E-state index < -0.39 is 0 Å². The van der Waals surface area contributed by atoms with Crippen molar-refractivity contribution in [2.45, 2.75) is 26.4 Å². The van der Waals surface area contributed by atoms with Crippen LogP contribution in [0, 0.1) is 0 Å². The first-order chi connectivity index (χ1) is 9.10. The average Bonchev–Trinajstić information content (AvgIpc) is 2.98. The van der Waals surface area contributed by atoms with Crippen LogP contribution in [-0.2, 0) is 6.54 Å². The molecular weight excluding hydrogens is 244 g/mol. The summed E-state index contributed by atoms with van der Waals surface area (Å²) >= 11 is 0. The van der Waals surface area contributed by atoms with Crippen LogP contribution in [0.15, 0.2) is 24.9 Å². The highest BCUT2D eigenvalue weighted by Gasteiger charge is 2.11. The number of carbonyl (C=O) groups is 1. The second kappa shape index (κ2) is 5.66. The van der Waals surface area contributed by atoms with Crippen LogP contribution < -0.4 is 11.1 Å². The van der Waals surface area contributed by atoms with E-state index in [2.05, 4.69) is 15.4 Å². The zero-order chi connectivity index (χ0) is 13.8. The molecule has 0 spiro atoms. The van der Waals surface area contributed by atoms with Gasteiger partial charge in [0.1, 0.15) is 5.69 Å². The van der Waals surface area contributed by atoms with Crippen molar-refractivity contribution in [2.75, 3.05) is 11.9 Å². The fraction of sp³-hybridized carbons (Fsp3) is 0.417. The molecule has 7 heteroatoms. The van der Waals surface area contributed by atoms with Crippen molar-refractivity contribution in [3.63, 3.8) is 0 Å². The van der Waals surface area contributed by atoms with Crippen LogP contribution in [0.1, 0.15) is 30.4 Å². The summed E-state index contributed by atoms with van der Waals surface area (Å²) in [6.45, 7) is 5.20. The lowest BCUT2D eigenvalue weighted by Crippen LogP contribution is -2.12. The predicted molar refractivity (Wildman–Crippen MR) is 71.8 cm³/mol. The minimum atomic E-state index is -0.251. The van der Waals surface area contributed by atoms with Gasteiger partial charge in [-0.15, -0.1) is 0 Å². The number of nitrogens with two attached hydrogens (primary N) is 1. The number of nitrogens with zero attached hydrogens (tertiary/aromatic N) is 4. The smallest absolute Gasteiger partial charge is 0.275 e. The number of anilines is 1. The van der Waals surface area contributed by atoms with Gasteiger partial charge in [-0.1, -0.05) is 0 Å². The van der Waals surface area contributed by atoms with E-state index in [4.69, 9.17) is 5.73 Å². The Morgan fingerprint density at radius 2 is 2.26 bits per heavy atom. The highest BCUT2D eigenvalue weighted by molar-refractivity contribution is 6.02. The Balaban J connectivity index is 2.02. The van der Waals surface area contributed by atoms with Crippen LogP contribution >= 0.6 is 0 Å². The minimum Gasteiger partial charge on any atom is -0.335 e. The molecule has 2 rings (SSSR count). The largest absolute Gasteiger partial charge is 0.335 e. The lowest BCUT2D eigenvalue weighted by Gasteiger charge is -2.03. The third-order valence-electron chi connectivity index (χ3n) is 2.64. The van der Waals surface area contributed by atoms with Crippen molar-refractivity contribution < 1.29 is 4.79 Å². The van der Waals surface area contributed by atoms with Crippen molar-refractivity contribution >= 4 is 11.6 Å². The van der Waals surface area contributed by atoms with Gasteiger partial charge < -0.3 is 15.6 Å². The van der Waals surface area contributed by atoms with Gasteiger partial charge in [0, 0.05) is 31.5 Å². The molecule has 0 unspecified atom stereocenters. The van der Waals surface area contributed by atoms with Gasteiger partial charge in [-0.3, -0.25) is 9.48 Å². The molecule has 2 aromatic rings. The molecule has 19 heavy (non-hydrogen) atoms. The van der Waals surface area contributed by atoms with Gasteiger partial charge in [0.15, 0.2) is 0 Å². The molecule has 0 saturated carbocycles. The van der Waals surface area contributed by atoms with Gasteiger partial charge in [-0.2, -0.15) is 5.10 Å². The summed E-state index contributed by atoms with van der Waals surface area (Å²) in [7, 11) is 0. The maximum absolute atomic E-state index is 12.0. The Morgan fingerprint density at radius 1 is 1.47 bits per heavy atom. The quantitative estimate of drug-likeness (QED) is 0.836. The summed E-state index contributed by atoms with van der Waals surface area (Å²) in [5.41, 5.74) is 6.47. The summed E-state index contributed by atoms with van der Waals surface area (Å²) in [5.74, 6) is -0.251. The molecule has 0 aromatic carbocycles. The first kappa shape index (κ1) is 13.3. The first-order valence-corrected chi connectivity index (χ1v) is 6.17. The Hall–Kier alpha value is -2.15. The van der Waals surface area contributed by atoms with Gasteiger partial charge in [-0.25, -0.2) is 4.98 Å². The number of nitrogens with one attached hydrogen (secondary N) is 1.